The van der Waals surface area contributed by atoms with E-state index in [1.54, 1.807) is 6.20 Å². The summed E-state index contributed by atoms with van der Waals surface area (Å²) in [5, 5.41) is 11.7. The van der Waals surface area contributed by atoms with Gasteiger partial charge in [-0.1, -0.05) is 18.2 Å². The van der Waals surface area contributed by atoms with E-state index in [4.69, 9.17) is 14.7 Å². The molecule has 1 aromatic carbocycles. The summed E-state index contributed by atoms with van der Waals surface area (Å²) in [6, 6.07) is 12.1. The lowest BCUT2D eigenvalue weighted by atomic mass is 10.1. The van der Waals surface area contributed by atoms with Crippen LogP contribution in [0.1, 0.15) is 5.56 Å². The Bertz CT molecular complexity index is 1120. The number of ether oxygens (including phenoxy) is 1. The van der Waals surface area contributed by atoms with Gasteiger partial charge >= 0.3 is 0 Å². The van der Waals surface area contributed by atoms with Gasteiger partial charge in [-0.15, -0.1) is 0 Å². The summed E-state index contributed by atoms with van der Waals surface area (Å²) in [4.78, 5) is 16.1. The summed E-state index contributed by atoms with van der Waals surface area (Å²) in [6.45, 7) is 3.82. The van der Waals surface area contributed by atoms with Gasteiger partial charge in [-0.2, -0.15) is 5.10 Å². The van der Waals surface area contributed by atoms with E-state index in [0.717, 1.165) is 54.2 Å². The van der Waals surface area contributed by atoms with E-state index in [1.165, 1.54) is 5.56 Å². The zero-order valence-electron chi connectivity index (χ0n) is 16.6. The first-order valence-corrected chi connectivity index (χ1v) is 10.1. The van der Waals surface area contributed by atoms with Crippen molar-refractivity contribution in [2.45, 2.75) is 6.42 Å². The van der Waals surface area contributed by atoms with Gasteiger partial charge in [0.05, 0.1) is 24.9 Å². The molecule has 1 aliphatic heterocycles. The van der Waals surface area contributed by atoms with Gasteiger partial charge in [-0.25, -0.2) is 9.97 Å². The van der Waals surface area contributed by atoms with Crippen LogP contribution in [0, 0.1) is 0 Å². The molecule has 0 bridgehead atoms. The van der Waals surface area contributed by atoms with Crippen molar-refractivity contribution in [1.82, 2.24) is 25.1 Å². The van der Waals surface area contributed by atoms with Crippen molar-refractivity contribution in [3.8, 4) is 11.4 Å². The molecule has 2 N–H and O–H groups in total. The number of fused-ring (bicyclic) bond motifs is 1. The van der Waals surface area contributed by atoms with Gasteiger partial charge < -0.3 is 15.0 Å². The summed E-state index contributed by atoms with van der Waals surface area (Å²) < 4.78 is 5.51. The molecule has 1 saturated heterocycles. The molecule has 0 radical (unpaired) electrons. The summed E-state index contributed by atoms with van der Waals surface area (Å²) in [5.41, 5.74) is 3.13. The van der Waals surface area contributed by atoms with E-state index in [0.29, 0.717) is 19.0 Å². The number of hydrogen-bond donors (Lipinski definition) is 2. The predicted octanol–water partition coefficient (Wildman–Crippen LogP) is 2.91. The van der Waals surface area contributed by atoms with E-state index < -0.39 is 0 Å². The normalized spacial score (nSPS) is 14.2. The van der Waals surface area contributed by atoms with Gasteiger partial charge in [0.15, 0.2) is 5.82 Å². The van der Waals surface area contributed by atoms with Crippen LogP contribution in [0.5, 0.6) is 0 Å². The van der Waals surface area contributed by atoms with Crippen LogP contribution in [-0.4, -0.2) is 58.0 Å². The Hall–Kier alpha value is -3.52. The molecule has 0 aliphatic carbocycles. The Morgan fingerprint density at radius 1 is 1.07 bits per heavy atom. The molecule has 30 heavy (non-hydrogen) atoms. The number of nitrogens with one attached hydrogen (secondary N) is 2. The highest BCUT2D eigenvalue weighted by molar-refractivity contribution is 5.92. The molecule has 0 atom stereocenters. The molecule has 0 saturated carbocycles. The molecule has 1 fully saturated rings. The largest absolute Gasteiger partial charge is 0.378 e. The van der Waals surface area contributed by atoms with Crippen molar-refractivity contribution in [2.75, 3.05) is 43.1 Å². The van der Waals surface area contributed by atoms with Crippen molar-refractivity contribution in [3.63, 3.8) is 0 Å². The van der Waals surface area contributed by atoms with Gasteiger partial charge in [0.25, 0.3) is 0 Å². The molecule has 0 spiro atoms. The number of pyridine rings is 1. The SMILES string of the molecule is c1cncc(CCNc2cc(N3CCOCC3)nc(-c3cccc4[nH]ncc34)n2)c1. The molecule has 8 heteroatoms. The van der Waals surface area contributed by atoms with Crippen LogP contribution in [0.15, 0.2) is 55.0 Å². The van der Waals surface area contributed by atoms with Crippen molar-refractivity contribution in [1.29, 1.82) is 0 Å². The summed E-state index contributed by atoms with van der Waals surface area (Å²) in [6.07, 6.45) is 6.38. The molecule has 0 amide bonds. The Morgan fingerprint density at radius 2 is 2.00 bits per heavy atom. The summed E-state index contributed by atoms with van der Waals surface area (Å²) in [7, 11) is 0. The zero-order valence-corrected chi connectivity index (χ0v) is 16.6. The molecule has 4 aromatic rings. The maximum atomic E-state index is 5.51. The summed E-state index contributed by atoms with van der Waals surface area (Å²) >= 11 is 0. The predicted molar refractivity (Wildman–Crippen MR) is 117 cm³/mol. The zero-order chi connectivity index (χ0) is 20.2. The average Bonchev–Trinajstić information content (AvgIpc) is 3.29. The lowest BCUT2D eigenvalue weighted by Crippen LogP contribution is -2.36. The first kappa shape index (κ1) is 18.5. The lowest BCUT2D eigenvalue weighted by molar-refractivity contribution is 0.122. The monoisotopic (exact) mass is 401 g/mol. The molecule has 4 heterocycles. The number of aromatic amines is 1. The fraction of sp³-hybridized carbons (Fsp3) is 0.273. The van der Waals surface area contributed by atoms with Crippen LogP contribution in [0.3, 0.4) is 0 Å². The number of anilines is 2. The van der Waals surface area contributed by atoms with Crippen LogP contribution < -0.4 is 10.2 Å². The number of nitrogens with zero attached hydrogens (tertiary/aromatic N) is 5. The number of morpholine rings is 1. The maximum Gasteiger partial charge on any atom is 0.164 e. The number of hydrogen-bond acceptors (Lipinski definition) is 7. The van der Waals surface area contributed by atoms with Crippen molar-refractivity contribution in [3.05, 3.63) is 60.6 Å². The van der Waals surface area contributed by atoms with Gasteiger partial charge in [-0.05, 0) is 24.1 Å². The Kier molecular flexibility index (Phi) is 5.22. The topological polar surface area (TPSA) is 91.8 Å². The molecular formula is C22H23N7O. The van der Waals surface area contributed by atoms with Crippen LogP contribution in [0.2, 0.25) is 0 Å². The number of aromatic nitrogens is 5. The maximum absolute atomic E-state index is 5.51. The second-order valence-electron chi connectivity index (χ2n) is 7.21. The number of benzene rings is 1. The van der Waals surface area contributed by atoms with E-state index >= 15 is 0 Å². The third-order valence-electron chi connectivity index (χ3n) is 5.22. The van der Waals surface area contributed by atoms with Crippen LogP contribution in [0.4, 0.5) is 11.6 Å². The van der Waals surface area contributed by atoms with E-state index in [9.17, 15) is 0 Å². The Labute approximate surface area is 174 Å². The quantitative estimate of drug-likeness (QED) is 0.513. The Balaban J connectivity index is 1.46. The fourth-order valence-corrected chi connectivity index (χ4v) is 3.64. The second-order valence-corrected chi connectivity index (χ2v) is 7.21. The van der Waals surface area contributed by atoms with Crippen LogP contribution in [0.25, 0.3) is 22.3 Å². The first-order chi connectivity index (χ1) is 14.9. The van der Waals surface area contributed by atoms with E-state index in [2.05, 4.69) is 31.5 Å². The van der Waals surface area contributed by atoms with E-state index in [1.807, 2.05) is 42.7 Å². The van der Waals surface area contributed by atoms with Gasteiger partial charge in [-0.3, -0.25) is 10.1 Å². The minimum Gasteiger partial charge on any atom is -0.378 e. The van der Waals surface area contributed by atoms with Gasteiger partial charge in [0, 0.05) is 49.0 Å². The van der Waals surface area contributed by atoms with Crippen molar-refractivity contribution < 1.29 is 4.74 Å². The molecule has 0 unspecified atom stereocenters. The molecule has 1 aliphatic rings. The first-order valence-electron chi connectivity index (χ1n) is 10.1. The third kappa shape index (κ3) is 3.95. The number of rotatable bonds is 6. The summed E-state index contributed by atoms with van der Waals surface area (Å²) in [5.74, 6) is 2.41. The minimum absolute atomic E-state index is 0.690. The highest BCUT2D eigenvalue weighted by Crippen LogP contribution is 2.28. The molecule has 8 nitrogen and oxygen atoms in total. The highest BCUT2D eigenvalue weighted by Gasteiger charge is 2.17. The lowest BCUT2D eigenvalue weighted by Gasteiger charge is -2.28. The minimum atomic E-state index is 0.690. The molecule has 152 valence electrons. The van der Waals surface area contributed by atoms with Crippen molar-refractivity contribution in [2.24, 2.45) is 0 Å². The standard InChI is InChI=1S/C22H23N7O/c1-4-17(18-15-25-28-19(18)5-1)22-26-20(24-8-6-16-3-2-7-23-14-16)13-21(27-22)29-9-11-30-12-10-29/h1-5,7,13-15H,6,8-12H2,(H,25,28)(H,24,26,27). The molecule has 5 rings (SSSR count). The molecule has 3 aromatic heterocycles. The highest BCUT2D eigenvalue weighted by atomic mass is 16.5. The van der Waals surface area contributed by atoms with Crippen LogP contribution in [-0.2, 0) is 11.2 Å². The fourth-order valence-electron chi connectivity index (χ4n) is 3.64. The third-order valence-corrected chi connectivity index (χ3v) is 5.22. The van der Waals surface area contributed by atoms with Crippen LogP contribution >= 0.6 is 0 Å². The Morgan fingerprint density at radius 3 is 2.87 bits per heavy atom. The van der Waals surface area contributed by atoms with E-state index in [-0.39, 0.29) is 0 Å². The average molecular weight is 401 g/mol. The van der Waals surface area contributed by atoms with Crippen molar-refractivity contribution >= 4 is 22.5 Å². The number of H-pyrrole nitrogens is 1. The van der Waals surface area contributed by atoms with Gasteiger partial charge in [0.1, 0.15) is 11.6 Å². The smallest absolute Gasteiger partial charge is 0.164 e. The molecular weight excluding hydrogens is 378 g/mol. The van der Waals surface area contributed by atoms with Gasteiger partial charge in [0.2, 0.25) is 0 Å². The second kappa shape index (κ2) is 8.46.